The number of anilines is 2. The minimum Gasteiger partial charge on any atom is -0.481 e. The summed E-state index contributed by atoms with van der Waals surface area (Å²) in [6.07, 6.45) is 1.71. The fourth-order valence-corrected chi connectivity index (χ4v) is 1.91. The van der Waals surface area contributed by atoms with Crippen molar-refractivity contribution >= 4 is 17.7 Å². The van der Waals surface area contributed by atoms with Crippen LogP contribution in [0.25, 0.3) is 0 Å². The van der Waals surface area contributed by atoms with Crippen LogP contribution in [-0.4, -0.2) is 35.1 Å². The molecule has 0 aliphatic carbocycles. The van der Waals surface area contributed by atoms with Gasteiger partial charge in [0.2, 0.25) is 5.95 Å². The summed E-state index contributed by atoms with van der Waals surface area (Å²) in [6, 6.07) is 9.27. The molecule has 0 radical (unpaired) electrons. The van der Waals surface area contributed by atoms with E-state index in [0.29, 0.717) is 18.3 Å². The van der Waals surface area contributed by atoms with Gasteiger partial charge in [0.1, 0.15) is 5.82 Å². The van der Waals surface area contributed by atoms with E-state index in [0.717, 1.165) is 11.1 Å². The Morgan fingerprint density at radius 2 is 1.95 bits per heavy atom. The molecular weight excluding hydrogens is 268 g/mol. The fraction of sp³-hybridized carbons (Fsp3) is 0.267. The third-order valence-electron chi connectivity index (χ3n) is 2.96. The van der Waals surface area contributed by atoms with Gasteiger partial charge in [-0.25, -0.2) is 4.98 Å². The number of nitrogens with one attached hydrogen (secondary N) is 1. The predicted octanol–water partition coefficient (Wildman–Crippen LogP) is 1.78. The number of hydrogen-bond acceptors (Lipinski definition) is 5. The second-order valence-electron chi connectivity index (χ2n) is 4.83. The van der Waals surface area contributed by atoms with Crippen molar-refractivity contribution in [1.29, 1.82) is 0 Å². The zero-order chi connectivity index (χ0) is 15.2. The highest BCUT2D eigenvalue weighted by Crippen LogP contribution is 2.13. The van der Waals surface area contributed by atoms with Gasteiger partial charge in [-0.1, -0.05) is 24.3 Å². The Labute approximate surface area is 123 Å². The SMILES string of the molecule is CN(C)c1nccc(NCc2ccccc2CC(=O)O)n1. The molecule has 2 aromatic rings. The van der Waals surface area contributed by atoms with Crippen molar-refractivity contribution in [2.45, 2.75) is 13.0 Å². The van der Waals surface area contributed by atoms with Gasteiger partial charge in [-0.2, -0.15) is 4.98 Å². The predicted molar refractivity (Wildman–Crippen MR) is 81.5 cm³/mol. The monoisotopic (exact) mass is 286 g/mol. The van der Waals surface area contributed by atoms with Gasteiger partial charge in [0.15, 0.2) is 0 Å². The summed E-state index contributed by atoms with van der Waals surface area (Å²) in [5.74, 6) is 0.497. The summed E-state index contributed by atoms with van der Waals surface area (Å²) in [4.78, 5) is 21.2. The van der Waals surface area contributed by atoms with E-state index >= 15 is 0 Å². The molecule has 0 unspecified atom stereocenters. The van der Waals surface area contributed by atoms with Crippen molar-refractivity contribution in [2.75, 3.05) is 24.3 Å². The molecule has 0 fully saturated rings. The molecule has 21 heavy (non-hydrogen) atoms. The quantitative estimate of drug-likeness (QED) is 0.843. The van der Waals surface area contributed by atoms with Crippen LogP contribution in [0, 0.1) is 0 Å². The molecule has 0 aliphatic rings. The number of aromatic nitrogens is 2. The van der Waals surface area contributed by atoms with Crippen molar-refractivity contribution in [2.24, 2.45) is 0 Å². The van der Waals surface area contributed by atoms with Crippen LogP contribution in [0.1, 0.15) is 11.1 Å². The number of aliphatic carboxylic acids is 1. The van der Waals surface area contributed by atoms with Crippen LogP contribution in [0.5, 0.6) is 0 Å². The molecule has 6 nitrogen and oxygen atoms in total. The van der Waals surface area contributed by atoms with Gasteiger partial charge in [-0.15, -0.1) is 0 Å². The average Bonchev–Trinajstić information content (AvgIpc) is 2.46. The zero-order valence-electron chi connectivity index (χ0n) is 12.1. The lowest BCUT2D eigenvalue weighted by Crippen LogP contribution is -2.14. The number of nitrogens with zero attached hydrogens (tertiary/aromatic N) is 3. The molecular formula is C15H18N4O2. The molecule has 1 heterocycles. The number of rotatable bonds is 6. The smallest absolute Gasteiger partial charge is 0.307 e. The highest BCUT2D eigenvalue weighted by Gasteiger charge is 2.07. The van der Waals surface area contributed by atoms with Crippen molar-refractivity contribution in [1.82, 2.24) is 9.97 Å². The molecule has 1 aromatic carbocycles. The number of carboxylic acid groups (broad SMARTS) is 1. The van der Waals surface area contributed by atoms with E-state index in [9.17, 15) is 4.79 Å². The van der Waals surface area contributed by atoms with E-state index in [4.69, 9.17) is 5.11 Å². The van der Waals surface area contributed by atoms with Crippen molar-refractivity contribution in [3.63, 3.8) is 0 Å². The standard InChI is InChI=1S/C15H18N4O2/c1-19(2)15-16-8-7-13(18-15)17-10-12-6-4-3-5-11(12)9-14(20)21/h3-8H,9-10H2,1-2H3,(H,20,21)(H,16,17,18). The van der Waals surface area contributed by atoms with Crippen LogP contribution in [0.4, 0.5) is 11.8 Å². The molecule has 110 valence electrons. The molecule has 1 aromatic heterocycles. The minimum absolute atomic E-state index is 0.0184. The van der Waals surface area contributed by atoms with Gasteiger partial charge >= 0.3 is 5.97 Å². The van der Waals surface area contributed by atoms with E-state index in [1.165, 1.54) is 0 Å². The molecule has 0 atom stereocenters. The van der Waals surface area contributed by atoms with Gasteiger partial charge in [-0.05, 0) is 17.2 Å². The van der Waals surface area contributed by atoms with Crippen LogP contribution >= 0.6 is 0 Å². The second-order valence-corrected chi connectivity index (χ2v) is 4.83. The molecule has 0 aliphatic heterocycles. The first-order valence-electron chi connectivity index (χ1n) is 6.59. The Kier molecular flexibility index (Phi) is 4.71. The number of carbonyl (C=O) groups is 1. The van der Waals surface area contributed by atoms with E-state index in [-0.39, 0.29) is 6.42 Å². The van der Waals surface area contributed by atoms with Crippen molar-refractivity contribution in [3.8, 4) is 0 Å². The summed E-state index contributed by atoms with van der Waals surface area (Å²) < 4.78 is 0. The average molecular weight is 286 g/mol. The van der Waals surface area contributed by atoms with Gasteiger partial charge in [0, 0.05) is 26.8 Å². The topological polar surface area (TPSA) is 78.4 Å². The first-order valence-corrected chi connectivity index (χ1v) is 6.59. The first kappa shape index (κ1) is 14.8. The van der Waals surface area contributed by atoms with E-state index < -0.39 is 5.97 Å². The van der Waals surface area contributed by atoms with Crippen LogP contribution in [0.15, 0.2) is 36.5 Å². The molecule has 2 rings (SSSR count). The normalized spacial score (nSPS) is 10.2. The maximum absolute atomic E-state index is 10.9. The lowest BCUT2D eigenvalue weighted by molar-refractivity contribution is -0.136. The summed E-state index contributed by atoms with van der Waals surface area (Å²) in [5.41, 5.74) is 1.75. The second kappa shape index (κ2) is 6.69. The molecule has 0 spiro atoms. The maximum atomic E-state index is 10.9. The Morgan fingerprint density at radius 3 is 2.62 bits per heavy atom. The molecule has 0 saturated carbocycles. The van der Waals surface area contributed by atoms with E-state index in [2.05, 4.69) is 15.3 Å². The summed E-state index contributed by atoms with van der Waals surface area (Å²) in [6.45, 7) is 0.521. The Morgan fingerprint density at radius 1 is 1.24 bits per heavy atom. The van der Waals surface area contributed by atoms with E-state index in [1.54, 1.807) is 12.3 Å². The third kappa shape index (κ3) is 4.17. The molecule has 0 saturated heterocycles. The summed E-state index contributed by atoms with van der Waals surface area (Å²) in [7, 11) is 3.75. The summed E-state index contributed by atoms with van der Waals surface area (Å²) >= 11 is 0. The number of carboxylic acids is 1. The molecule has 0 bridgehead atoms. The van der Waals surface area contributed by atoms with Crippen molar-refractivity contribution < 1.29 is 9.90 Å². The zero-order valence-corrected chi connectivity index (χ0v) is 12.1. The highest BCUT2D eigenvalue weighted by molar-refractivity contribution is 5.70. The lowest BCUT2D eigenvalue weighted by atomic mass is 10.0. The maximum Gasteiger partial charge on any atom is 0.307 e. The fourth-order valence-electron chi connectivity index (χ4n) is 1.91. The molecule has 2 N–H and O–H groups in total. The molecule has 0 amide bonds. The Bertz CT molecular complexity index is 629. The van der Waals surface area contributed by atoms with Gasteiger partial charge < -0.3 is 15.3 Å². The molecule has 6 heteroatoms. The third-order valence-corrected chi connectivity index (χ3v) is 2.96. The largest absolute Gasteiger partial charge is 0.481 e. The Hall–Kier alpha value is -2.63. The van der Waals surface area contributed by atoms with Crippen molar-refractivity contribution in [3.05, 3.63) is 47.7 Å². The Balaban J connectivity index is 2.09. The minimum atomic E-state index is -0.834. The van der Waals surface area contributed by atoms with E-state index in [1.807, 2.05) is 43.3 Å². The van der Waals surface area contributed by atoms with Gasteiger partial charge in [0.25, 0.3) is 0 Å². The van der Waals surface area contributed by atoms with Gasteiger partial charge in [-0.3, -0.25) is 4.79 Å². The van der Waals surface area contributed by atoms with Crippen LogP contribution in [0.2, 0.25) is 0 Å². The number of benzene rings is 1. The number of hydrogen-bond donors (Lipinski definition) is 2. The van der Waals surface area contributed by atoms with Crippen LogP contribution in [0.3, 0.4) is 0 Å². The highest BCUT2D eigenvalue weighted by atomic mass is 16.4. The van der Waals surface area contributed by atoms with Crippen LogP contribution in [-0.2, 0) is 17.8 Å². The van der Waals surface area contributed by atoms with Gasteiger partial charge in [0.05, 0.1) is 6.42 Å². The first-order chi connectivity index (χ1) is 10.1. The summed E-state index contributed by atoms with van der Waals surface area (Å²) in [5, 5.41) is 12.1. The van der Waals surface area contributed by atoms with Crippen LogP contribution < -0.4 is 10.2 Å². The lowest BCUT2D eigenvalue weighted by Gasteiger charge is -2.13.